The Bertz CT molecular complexity index is 528. The third kappa shape index (κ3) is 3.70. The van der Waals surface area contributed by atoms with Gasteiger partial charge >= 0.3 is 5.97 Å². The number of nitrogens with zero attached hydrogens (tertiary/aromatic N) is 1. The fourth-order valence-electron chi connectivity index (χ4n) is 2.39. The summed E-state index contributed by atoms with van der Waals surface area (Å²) in [5.74, 6) is -1.11. The van der Waals surface area contributed by atoms with Crippen LogP contribution < -0.4 is 0 Å². The molecule has 1 aliphatic heterocycles. The maximum atomic E-state index is 12.0. The van der Waals surface area contributed by atoms with Gasteiger partial charge in [0.25, 0.3) is 0 Å². The Morgan fingerprint density at radius 2 is 2.00 bits per heavy atom. The molecule has 1 aromatic rings. The van der Waals surface area contributed by atoms with Crippen LogP contribution in [0, 0.1) is 12.8 Å². The van der Waals surface area contributed by atoms with Gasteiger partial charge in [0.2, 0.25) is 5.91 Å². The number of carbonyl (C=O) groups excluding carboxylic acids is 1. The number of carboxylic acid groups (broad SMARTS) is 1. The molecule has 0 aliphatic carbocycles. The van der Waals surface area contributed by atoms with E-state index < -0.39 is 5.97 Å². The standard InChI is InChI=1S/C16H19NO3/c1-12-3-2-4-13(11-12)5-6-15(18)17-9-7-14(8-10-17)16(19)20/h2-6,11,14H,7-10H2,1H3,(H,19,20)/b6-5+. The van der Waals surface area contributed by atoms with Gasteiger partial charge < -0.3 is 10.0 Å². The van der Waals surface area contributed by atoms with Gasteiger partial charge in [-0.05, 0) is 31.4 Å². The van der Waals surface area contributed by atoms with E-state index in [0.717, 1.165) is 11.1 Å². The van der Waals surface area contributed by atoms with E-state index in [1.807, 2.05) is 31.2 Å². The molecule has 0 atom stereocenters. The molecule has 20 heavy (non-hydrogen) atoms. The highest BCUT2D eigenvalue weighted by atomic mass is 16.4. The number of aliphatic carboxylic acids is 1. The molecule has 0 aromatic heterocycles. The second-order valence-electron chi connectivity index (χ2n) is 5.19. The molecular formula is C16H19NO3. The van der Waals surface area contributed by atoms with Crippen LogP contribution in [-0.4, -0.2) is 35.0 Å². The van der Waals surface area contributed by atoms with E-state index in [4.69, 9.17) is 5.11 Å². The van der Waals surface area contributed by atoms with Crippen molar-refractivity contribution in [2.75, 3.05) is 13.1 Å². The van der Waals surface area contributed by atoms with Crippen molar-refractivity contribution in [2.45, 2.75) is 19.8 Å². The van der Waals surface area contributed by atoms with Gasteiger partial charge in [0.05, 0.1) is 5.92 Å². The first kappa shape index (κ1) is 14.3. The van der Waals surface area contributed by atoms with Crippen molar-refractivity contribution < 1.29 is 14.7 Å². The van der Waals surface area contributed by atoms with Gasteiger partial charge in [-0.2, -0.15) is 0 Å². The highest BCUT2D eigenvalue weighted by Gasteiger charge is 2.25. The van der Waals surface area contributed by atoms with Crippen molar-refractivity contribution in [3.8, 4) is 0 Å². The number of amides is 1. The van der Waals surface area contributed by atoms with Gasteiger partial charge in [0.15, 0.2) is 0 Å². The Morgan fingerprint density at radius 3 is 2.60 bits per heavy atom. The molecule has 4 heteroatoms. The summed E-state index contributed by atoms with van der Waals surface area (Å²) in [7, 11) is 0. The lowest BCUT2D eigenvalue weighted by Gasteiger charge is -2.29. The minimum absolute atomic E-state index is 0.0460. The van der Waals surface area contributed by atoms with E-state index in [0.29, 0.717) is 25.9 Å². The Morgan fingerprint density at radius 1 is 1.30 bits per heavy atom. The van der Waals surface area contributed by atoms with Crippen LogP contribution in [0.4, 0.5) is 0 Å². The molecule has 1 amide bonds. The highest BCUT2D eigenvalue weighted by molar-refractivity contribution is 5.92. The summed E-state index contributed by atoms with van der Waals surface area (Å²) in [5, 5.41) is 8.92. The third-order valence-electron chi connectivity index (χ3n) is 3.62. The molecular weight excluding hydrogens is 254 g/mol. The van der Waals surface area contributed by atoms with Crippen LogP contribution in [0.1, 0.15) is 24.0 Å². The van der Waals surface area contributed by atoms with Crippen molar-refractivity contribution in [1.29, 1.82) is 0 Å². The minimum atomic E-state index is -0.757. The summed E-state index contributed by atoms with van der Waals surface area (Å²) >= 11 is 0. The van der Waals surface area contributed by atoms with E-state index in [-0.39, 0.29) is 11.8 Å². The van der Waals surface area contributed by atoms with E-state index in [1.54, 1.807) is 17.1 Å². The zero-order valence-electron chi connectivity index (χ0n) is 11.6. The molecule has 1 heterocycles. The third-order valence-corrected chi connectivity index (χ3v) is 3.62. The highest BCUT2D eigenvalue weighted by Crippen LogP contribution is 2.17. The molecule has 0 saturated carbocycles. The Kier molecular flexibility index (Phi) is 4.56. The molecule has 0 unspecified atom stereocenters. The number of rotatable bonds is 3. The predicted octanol–water partition coefficient (Wildman–Crippen LogP) is 2.33. The predicted molar refractivity (Wildman–Crippen MR) is 77.2 cm³/mol. The molecule has 1 saturated heterocycles. The van der Waals surface area contributed by atoms with Gasteiger partial charge in [-0.15, -0.1) is 0 Å². The molecule has 0 spiro atoms. The van der Waals surface area contributed by atoms with Crippen LogP contribution >= 0.6 is 0 Å². The number of likely N-dealkylation sites (tertiary alicyclic amines) is 1. The number of aryl methyl sites for hydroxylation is 1. The second-order valence-corrected chi connectivity index (χ2v) is 5.19. The van der Waals surface area contributed by atoms with Gasteiger partial charge in [0, 0.05) is 19.2 Å². The van der Waals surface area contributed by atoms with E-state index >= 15 is 0 Å². The number of carbonyl (C=O) groups is 2. The van der Waals surface area contributed by atoms with Crippen LogP contribution in [-0.2, 0) is 9.59 Å². The van der Waals surface area contributed by atoms with Gasteiger partial charge in [-0.3, -0.25) is 9.59 Å². The molecule has 1 aromatic carbocycles. The normalized spacial score (nSPS) is 16.6. The monoisotopic (exact) mass is 273 g/mol. The van der Waals surface area contributed by atoms with Crippen molar-refractivity contribution in [2.24, 2.45) is 5.92 Å². The molecule has 0 bridgehead atoms. The first-order valence-corrected chi connectivity index (χ1v) is 6.83. The van der Waals surface area contributed by atoms with E-state index in [2.05, 4.69) is 0 Å². The smallest absolute Gasteiger partial charge is 0.306 e. The number of piperidine rings is 1. The van der Waals surface area contributed by atoms with Crippen molar-refractivity contribution in [3.05, 3.63) is 41.5 Å². The fourth-order valence-corrected chi connectivity index (χ4v) is 2.39. The summed E-state index contributed by atoms with van der Waals surface area (Å²) < 4.78 is 0. The lowest BCUT2D eigenvalue weighted by atomic mass is 9.97. The van der Waals surface area contributed by atoms with Crippen LogP contribution in [0.2, 0.25) is 0 Å². The fraction of sp³-hybridized carbons (Fsp3) is 0.375. The Balaban J connectivity index is 1.91. The Labute approximate surface area is 118 Å². The summed E-state index contributed by atoms with van der Waals surface area (Å²) in [6.45, 7) is 3.05. The maximum absolute atomic E-state index is 12.0. The van der Waals surface area contributed by atoms with Crippen molar-refractivity contribution in [3.63, 3.8) is 0 Å². The minimum Gasteiger partial charge on any atom is -0.481 e. The SMILES string of the molecule is Cc1cccc(/C=C/C(=O)N2CCC(C(=O)O)CC2)c1. The largest absolute Gasteiger partial charge is 0.481 e. The first-order valence-electron chi connectivity index (χ1n) is 6.83. The maximum Gasteiger partial charge on any atom is 0.306 e. The first-order chi connectivity index (χ1) is 9.56. The summed E-state index contributed by atoms with van der Waals surface area (Å²) in [6, 6.07) is 7.93. The van der Waals surface area contributed by atoms with Crippen LogP contribution in [0.15, 0.2) is 30.3 Å². The van der Waals surface area contributed by atoms with Crippen LogP contribution in [0.25, 0.3) is 6.08 Å². The molecule has 0 radical (unpaired) electrons. The molecule has 1 aliphatic rings. The number of hydrogen-bond donors (Lipinski definition) is 1. The molecule has 4 nitrogen and oxygen atoms in total. The number of carboxylic acids is 1. The van der Waals surface area contributed by atoms with Crippen molar-refractivity contribution >= 4 is 18.0 Å². The Hall–Kier alpha value is -2.10. The molecule has 2 rings (SSSR count). The van der Waals surface area contributed by atoms with E-state index in [9.17, 15) is 9.59 Å². The second kappa shape index (κ2) is 6.37. The van der Waals surface area contributed by atoms with Crippen LogP contribution in [0.3, 0.4) is 0 Å². The number of hydrogen-bond acceptors (Lipinski definition) is 2. The molecule has 1 N–H and O–H groups in total. The number of benzene rings is 1. The van der Waals surface area contributed by atoms with Gasteiger partial charge in [-0.25, -0.2) is 0 Å². The van der Waals surface area contributed by atoms with Gasteiger partial charge in [0.1, 0.15) is 0 Å². The summed E-state index contributed by atoms with van der Waals surface area (Å²) in [4.78, 5) is 24.6. The van der Waals surface area contributed by atoms with Crippen LogP contribution in [0.5, 0.6) is 0 Å². The van der Waals surface area contributed by atoms with Gasteiger partial charge in [-0.1, -0.05) is 29.8 Å². The lowest BCUT2D eigenvalue weighted by molar-refractivity contribution is -0.144. The topological polar surface area (TPSA) is 57.6 Å². The zero-order valence-corrected chi connectivity index (χ0v) is 11.6. The quantitative estimate of drug-likeness (QED) is 0.860. The van der Waals surface area contributed by atoms with E-state index in [1.165, 1.54) is 0 Å². The molecule has 106 valence electrons. The molecule has 1 fully saturated rings. The zero-order chi connectivity index (χ0) is 14.5. The average Bonchev–Trinajstić information content (AvgIpc) is 2.45. The summed E-state index contributed by atoms with van der Waals surface area (Å²) in [5.41, 5.74) is 2.15. The summed E-state index contributed by atoms with van der Waals surface area (Å²) in [6.07, 6.45) is 4.45. The van der Waals surface area contributed by atoms with Crippen molar-refractivity contribution in [1.82, 2.24) is 4.90 Å². The lowest BCUT2D eigenvalue weighted by Crippen LogP contribution is -2.39. The average molecular weight is 273 g/mol.